The van der Waals surface area contributed by atoms with Crippen LogP contribution in [0.15, 0.2) is 79.0 Å². The van der Waals surface area contributed by atoms with Crippen LogP contribution in [0.25, 0.3) is 11.6 Å². The van der Waals surface area contributed by atoms with Crippen LogP contribution in [0.2, 0.25) is 0 Å². The molecule has 0 saturated heterocycles. The Morgan fingerprint density at radius 2 is 1.50 bits per heavy atom. The van der Waals surface area contributed by atoms with Gasteiger partial charge in [-0.2, -0.15) is 0 Å². The van der Waals surface area contributed by atoms with Gasteiger partial charge in [-0.3, -0.25) is 4.79 Å². The molecule has 3 rings (SSSR count). The van der Waals surface area contributed by atoms with E-state index in [1.807, 2.05) is 96.7 Å². The Morgan fingerprint density at radius 3 is 2.09 bits per heavy atom. The second-order valence-electron chi connectivity index (χ2n) is 5.17. The largest absolute Gasteiger partial charge is 0.348 e. The number of aryl methyl sites for hydroxylation is 1. The summed E-state index contributed by atoms with van der Waals surface area (Å²) < 4.78 is 1.85. The maximum Gasteiger partial charge on any atom is 0.209 e. The number of benzene rings is 2. The number of allylic oxidation sites excluding steroid dienone is 1. The van der Waals surface area contributed by atoms with E-state index in [9.17, 15) is 4.79 Å². The maximum absolute atomic E-state index is 12.9. The van der Waals surface area contributed by atoms with Crippen LogP contribution in [0, 0.1) is 0 Å². The first-order chi connectivity index (χ1) is 10.8. The van der Waals surface area contributed by atoms with Gasteiger partial charge in [0.25, 0.3) is 0 Å². The first-order valence-corrected chi connectivity index (χ1v) is 7.24. The molecule has 0 fully saturated rings. The monoisotopic (exact) mass is 287 g/mol. The highest BCUT2D eigenvalue weighted by Gasteiger charge is 2.16. The lowest BCUT2D eigenvalue weighted by Crippen LogP contribution is -2.07. The predicted octanol–water partition coefficient (Wildman–Crippen LogP) is 4.45. The van der Waals surface area contributed by atoms with Gasteiger partial charge in [-0.15, -0.1) is 0 Å². The number of nitrogens with zero attached hydrogens (tertiary/aromatic N) is 1. The van der Waals surface area contributed by atoms with E-state index in [0.717, 1.165) is 11.1 Å². The second kappa shape index (κ2) is 6.27. The average Bonchev–Trinajstić information content (AvgIpc) is 3.00. The molecule has 3 aromatic rings. The van der Waals surface area contributed by atoms with E-state index in [2.05, 4.69) is 0 Å². The molecule has 0 aliphatic carbocycles. The van der Waals surface area contributed by atoms with Crippen molar-refractivity contribution in [1.82, 2.24) is 4.57 Å². The van der Waals surface area contributed by atoms with Crippen molar-refractivity contribution >= 4 is 17.4 Å². The van der Waals surface area contributed by atoms with Crippen molar-refractivity contribution in [1.29, 1.82) is 0 Å². The van der Waals surface area contributed by atoms with Crippen molar-refractivity contribution in [3.63, 3.8) is 0 Å². The number of rotatable bonds is 4. The SMILES string of the molecule is Cn1cccc1C(=O)C(=Cc1ccccc1)c1ccccc1. The third-order valence-corrected chi connectivity index (χ3v) is 3.62. The average molecular weight is 287 g/mol. The summed E-state index contributed by atoms with van der Waals surface area (Å²) in [7, 11) is 1.89. The van der Waals surface area contributed by atoms with E-state index in [4.69, 9.17) is 0 Å². The molecule has 2 aromatic carbocycles. The molecule has 1 aromatic heterocycles. The van der Waals surface area contributed by atoms with Gasteiger partial charge < -0.3 is 4.57 Å². The molecule has 0 radical (unpaired) electrons. The Labute approximate surface area is 130 Å². The molecule has 0 N–H and O–H groups in total. The summed E-state index contributed by atoms with van der Waals surface area (Å²) >= 11 is 0. The zero-order valence-corrected chi connectivity index (χ0v) is 12.4. The molecule has 2 heteroatoms. The molecule has 0 bridgehead atoms. The summed E-state index contributed by atoms with van der Waals surface area (Å²) in [4.78, 5) is 12.9. The second-order valence-corrected chi connectivity index (χ2v) is 5.17. The fourth-order valence-electron chi connectivity index (χ4n) is 2.45. The third kappa shape index (κ3) is 2.91. The zero-order chi connectivity index (χ0) is 15.4. The quantitative estimate of drug-likeness (QED) is 0.395. The molecule has 0 spiro atoms. The topological polar surface area (TPSA) is 22.0 Å². The minimum Gasteiger partial charge on any atom is -0.348 e. The van der Waals surface area contributed by atoms with E-state index < -0.39 is 0 Å². The fourth-order valence-corrected chi connectivity index (χ4v) is 2.45. The third-order valence-electron chi connectivity index (χ3n) is 3.62. The van der Waals surface area contributed by atoms with Gasteiger partial charge in [0, 0.05) is 18.8 Å². The smallest absolute Gasteiger partial charge is 0.209 e. The highest BCUT2D eigenvalue weighted by molar-refractivity contribution is 6.31. The van der Waals surface area contributed by atoms with Crippen LogP contribution in [0.5, 0.6) is 0 Å². The zero-order valence-electron chi connectivity index (χ0n) is 12.4. The Bertz CT molecular complexity index is 798. The van der Waals surface area contributed by atoms with Gasteiger partial charge in [0.15, 0.2) is 0 Å². The minimum absolute atomic E-state index is 0.0301. The highest BCUT2D eigenvalue weighted by Crippen LogP contribution is 2.23. The number of Topliss-reactive ketones (excluding diaryl/α,β-unsaturated/α-hetero) is 1. The van der Waals surface area contributed by atoms with E-state index in [-0.39, 0.29) is 5.78 Å². The molecule has 0 saturated carbocycles. The molecule has 0 amide bonds. The normalized spacial score (nSPS) is 11.4. The van der Waals surface area contributed by atoms with Crippen molar-refractivity contribution in [3.8, 4) is 0 Å². The van der Waals surface area contributed by atoms with Crippen molar-refractivity contribution < 1.29 is 4.79 Å². The summed E-state index contributed by atoms with van der Waals surface area (Å²) in [5.41, 5.74) is 3.33. The molecule has 1 heterocycles. The summed E-state index contributed by atoms with van der Waals surface area (Å²) in [6.45, 7) is 0. The molecule has 108 valence electrons. The van der Waals surface area contributed by atoms with Crippen LogP contribution in [0.3, 0.4) is 0 Å². The van der Waals surface area contributed by atoms with E-state index in [0.29, 0.717) is 11.3 Å². The van der Waals surface area contributed by atoms with Gasteiger partial charge in [0.1, 0.15) is 0 Å². The number of ketones is 1. The van der Waals surface area contributed by atoms with Crippen molar-refractivity contribution in [3.05, 3.63) is 95.8 Å². The first kappa shape index (κ1) is 14.1. The van der Waals surface area contributed by atoms with Gasteiger partial charge in [-0.25, -0.2) is 0 Å². The van der Waals surface area contributed by atoms with Gasteiger partial charge >= 0.3 is 0 Å². The molecule has 0 aliphatic heterocycles. The van der Waals surface area contributed by atoms with Crippen molar-refractivity contribution in [2.75, 3.05) is 0 Å². The van der Waals surface area contributed by atoms with Crippen LogP contribution in [-0.4, -0.2) is 10.4 Å². The number of hydrogen-bond acceptors (Lipinski definition) is 1. The van der Waals surface area contributed by atoms with E-state index in [1.165, 1.54) is 0 Å². The molecule has 0 atom stereocenters. The number of hydrogen-bond donors (Lipinski definition) is 0. The summed E-state index contributed by atoms with van der Waals surface area (Å²) in [5.74, 6) is 0.0301. The van der Waals surface area contributed by atoms with Crippen LogP contribution >= 0.6 is 0 Å². The van der Waals surface area contributed by atoms with Crippen LogP contribution in [0.4, 0.5) is 0 Å². The van der Waals surface area contributed by atoms with Crippen LogP contribution in [-0.2, 0) is 7.05 Å². The van der Waals surface area contributed by atoms with Crippen LogP contribution in [0.1, 0.15) is 21.6 Å². The van der Waals surface area contributed by atoms with Gasteiger partial charge in [0.2, 0.25) is 5.78 Å². The fraction of sp³-hybridized carbons (Fsp3) is 0.0500. The first-order valence-electron chi connectivity index (χ1n) is 7.24. The van der Waals surface area contributed by atoms with Crippen LogP contribution < -0.4 is 0 Å². The summed E-state index contributed by atoms with van der Waals surface area (Å²) in [6, 6.07) is 23.5. The van der Waals surface area contributed by atoms with E-state index in [1.54, 1.807) is 0 Å². The Kier molecular flexibility index (Phi) is 4.01. The van der Waals surface area contributed by atoms with Gasteiger partial charge in [0.05, 0.1) is 5.69 Å². The number of aromatic nitrogens is 1. The van der Waals surface area contributed by atoms with Gasteiger partial charge in [-0.05, 0) is 29.3 Å². The lowest BCUT2D eigenvalue weighted by atomic mass is 9.97. The Hall–Kier alpha value is -2.87. The lowest BCUT2D eigenvalue weighted by Gasteiger charge is -2.08. The summed E-state index contributed by atoms with van der Waals surface area (Å²) in [6.07, 6.45) is 3.84. The van der Waals surface area contributed by atoms with Crippen molar-refractivity contribution in [2.24, 2.45) is 7.05 Å². The minimum atomic E-state index is 0.0301. The van der Waals surface area contributed by atoms with E-state index >= 15 is 0 Å². The Morgan fingerprint density at radius 1 is 0.864 bits per heavy atom. The standard InChI is InChI=1S/C20H17NO/c1-21-14-8-13-19(21)20(22)18(17-11-6-3-7-12-17)15-16-9-4-2-5-10-16/h2-15H,1H3. The molecular formula is C20H17NO. The molecule has 0 aliphatic rings. The predicted molar refractivity (Wildman–Crippen MR) is 90.5 cm³/mol. The lowest BCUT2D eigenvalue weighted by molar-refractivity contribution is 0.105. The maximum atomic E-state index is 12.9. The number of carbonyl (C=O) groups is 1. The van der Waals surface area contributed by atoms with Crippen molar-refractivity contribution in [2.45, 2.75) is 0 Å². The molecule has 0 unspecified atom stereocenters. The molecule has 22 heavy (non-hydrogen) atoms. The summed E-state index contributed by atoms with van der Waals surface area (Å²) in [5, 5.41) is 0. The van der Waals surface area contributed by atoms with Gasteiger partial charge in [-0.1, -0.05) is 60.7 Å². The Balaban J connectivity index is 2.10. The molecule has 2 nitrogen and oxygen atoms in total. The number of carbonyl (C=O) groups excluding carboxylic acids is 1. The molecular weight excluding hydrogens is 270 g/mol. The highest BCUT2D eigenvalue weighted by atomic mass is 16.1.